The predicted molar refractivity (Wildman–Crippen MR) is 103 cm³/mol. The lowest BCUT2D eigenvalue weighted by Gasteiger charge is -2.32. The number of benzene rings is 2. The number of carbonyl (C=O) groups excluding carboxylic acids is 2. The molecule has 0 radical (unpaired) electrons. The molecule has 4 rings (SSSR count). The van der Waals surface area contributed by atoms with Crippen LogP contribution in [0.5, 0.6) is 0 Å². The number of nitrogens with one attached hydrogen (secondary N) is 1. The van der Waals surface area contributed by atoms with Crippen molar-refractivity contribution in [3.8, 4) is 11.1 Å². The summed E-state index contributed by atoms with van der Waals surface area (Å²) in [7, 11) is 0. The van der Waals surface area contributed by atoms with Gasteiger partial charge in [0.1, 0.15) is 0 Å². The molecule has 1 aliphatic heterocycles. The second-order valence-corrected chi connectivity index (χ2v) is 7.33. The molecule has 1 heterocycles. The van der Waals surface area contributed by atoms with Gasteiger partial charge in [-0.3, -0.25) is 9.59 Å². The molecule has 1 unspecified atom stereocenters. The van der Waals surface area contributed by atoms with Gasteiger partial charge in [0.25, 0.3) is 0 Å². The van der Waals surface area contributed by atoms with Crippen LogP contribution in [-0.2, 0) is 9.59 Å². The fourth-order valence-corrected chi connectivity index (χ4v) is 3.60. The van der Waals surface area contributed by atoms with Crippen molar-refractivity contribution in [3.05, 3.63) is 54.6 Å². The summed E-state index contributed by atoms with van der Waals surface area (Å²) in [4.78, 5) is 26.8. The van der Waals surface area contributed by atoms with Crippen LogP contribution in [-0.4, -0.2) is 29.8 Å². The topological polar surface area (TPSA) is 49.4 Å². The van der Waals surface area contributed by atoms with Crippen LogP contribution in [0.3, 0.4) is 0 Å². The van der Waals surface area contributed by atoms with E-state index in [-0.39, 0.29) is 23.7 Å². The molecular weight excluding hydrogens is 324 g/mol. The molecule has 26 heavy (non-hydrogen) atoms. The van der Waals surface area contributed by atoms with E-state index >= 15 is 0 Å². The number of likely N-dealkylation sites (tertiary alicyclic amines) is 1. The fourth-order valence-electron chi connectivity index (χ4n) is 3.60. The molecule has 2 amide bonds. The van der Waals surface area contributed by atoms with E-state index in [0.29, 0.717) is 6.54 Å². The summed E-state index contributed by atoms with van der Waals surface area (Å²) in [6.07, 6.45) is 3.78. The number of nitrogens with zero attached hydrogens (tertiary/aromatic N) is 1. The Bertz CT molecular complexity index is 782. The highest BCUT2D eigenvalue weighted by atomic mass is 16.2. The monoisotopic (exact) mass is 348 g/mol. The van der Waals surface area contributed by atoms with E-state index in [2.05, 4.69) is 17.4 Å². The standard InChI is InChI=1S/C22H24N2O2/c25-21(19-7-4-14-24(15-19)22(26)18-8-9-18)23-20-12-10-17(11-13-20)16-5-2-1-3-6-16/h1-3,5-6,10-13,18-19H,4,7-9,14-15H2,(H,23,25). The maximum atomic E-state index is 12.6. The van der Waals surface area contributed by atoms with Crippen LogP contribution >= 0.6 is 0 Å². The van der Waals surface area contributed by atoms with Crippen molar-refractivity contribution in [2.45, 2.75) is 25.7 Å². The quantitative estimate of drug-likeness (QED) is 0.910. The van der Waals surface area contributed by atoms with Gasteiger partial charge in [-0.1, -0.05) is 42.5 Å². The fraction of sp³-hybridized carbons (Fsp3) is 0.364. The van der Waals surface area contributed by atoms with Crippen LogP contribution in [0.4, 0.5) is 5.69 Å². The first-order valence-corrected chi connectivity index (χ1v) is 9.46. The highest BCUT2D eigenvalue weighted by molar-refractivity contribution is 5.93. The van der Waals surface area contributed by atoms with Crippen LogP contribution in [0.2, 0.25) is 0 Å². The molecule has 1 atom stereocenters. The van der Waals surface area contributed by atoms with Crippen molar-refractivity contribution in [2.75, 3.05) is 18.4 Å². The first-order chi connectivity index (χ1) is 12.7. The second kappa shape index (κ2) is 7.32. The summed E-state index contributed by atoms with van der Waals surface area (Å²) < 4.78 is 0. The lowest BCUT2D eigenvalue weighted by Crippen LogP contribution is -2.44. The molecule has 1 saturated carbocycles. The molecule has 2 aromatic carbocycles. The minimum atomic E-state index is -0.111. The normalized spacial score (nSPS) is 19.8. The van der Waals surface area contributed by atoms with Gasteiger partial charge in [-0.2, -0.15) is 0 Å². The van der Waals surface area contributed by atoms with Crippen LogP contribution in [0.25, 0.3) is 11.1 Å². The van der Waals surface area contributed by atoms with Gasteiger partial charge in [-0.15, -0.1) is 0 Å². The van der Waals surface area contributed by atoms with E-state index in [4.69, 9.17) is 0 Å². The van der Waals surface area contributed by atoms with Gasteiger partial charge < -0.3 is 10.2 Å². The zero-order valence-electron chi connectivity index (χ0n) is 14.9. The molecule has 1 saturated heterocycles. The minimum absolute atomic E-state index is 0.0192. The average Bonchev–Trinajstić information content (AvgIpc) is 3.54. The zero-order chi connectivity index (χ0) is 17.9. The smallest absolute Gasteiger partial charge is 0.229 e. The third kappa shape index (κ3) is 3.79. The van der Waals surface area contributed by atoms with Crippen LogP contribution in [0.15, 0.2) is 54.6 Å². The number of anilines is 1. The summed E-state index contributed by atoms with van der Waals surface area (Å²) in [6.45, 7) is 1.36. The summed E-state index contributed by atoms with van der Waals surface area (Å²) >= 11 is 0. The van der Waals surface area contributed by atoms with Gasteiger partial charge in [0.15, 0.2) is 0 Å². The van der Waals surface area contributed by atoms with Gasteiger partial charge in [0.05, 0.1) is 5.92 Å². The molecule has 2 fully saturated rings. The Kier molecular flexibility index (Phi) is 4.74. The van der Waals surface area contributed by atoms with Gasteiger partial charge in [-0.05, 0) is 48.9 Å². The van der Waals surface area contributed by atoms with E-state index < -0.39 is 0 Å². The molecule has 0 aromatic heterocycles. The molecule has 1 aliphatic carbocycles. The largest absolute Gasteiger partial charge is 0.342 e. The summed E-state index contributed by atoms with van der Waals surface area (Å²) in [5.74, 6) is 0.378. The highest BCUT2D eigenvalue weighted by Gasteiger charge is 2.36. The molecule has 1 N–H and O–H groups in total. The second-order valence-electron chi connectivity index (χ2n) is 7.33. The molecule has 134 valence electrons. The van der Waals surface area contributed by atoms with Gasteiger partial charge in [-0.25, -0.2) is 0 Å². The van der Waals surface area contributed by atoms with Gasteiger partial charge in [0.2, 0.25) is 11.8 Å². The van der Waals surface area contributed by atoms with Crippen LogP contribution in [0, 0.1) is 11.8 Å². The van der Waals surface area contributed by atoms with Crippen LogP contribution in [0.1, 0.15) is 25.7 Å². The van der Waals surface area contributed by atoms with E-state index in [9.17, 15) is 9.59 Å². The number of carbonyl (C=O) groups is 2. The van der Waals surface area contributed by atoms with E-state index in [1.54, 1.807) is 0 Å². The highest BCUT2D eigenvalue weighted by Crippen LogP contribution is 2.32. The third-order valence-electron chi connectivity index (χ3n) is 5.29. The van der Waals surface area contributed by atoms with Crippen molar-refractivity contribution in [3.63, 3.8) is 0 Å². The van der Waals surface area contributed by atoms with E-state index in [1.165, 1.54) is 0 Å². The molecule has 0 bridgehead atoms. The number of hydrogen-bond acceptors (Lipinski definition) is 2. The summed E-state index contributed by atoms with van der Waals surface area (Å²) in [5, 5.41) is 3.02. The summed E-state index contributed by atoms with van der Waals surface area (Å²) in [5.41, 5.74) is 3.09. The van der Waals surface area contributed by atoms with Gasteiger partial charge >= 0.3 is 0 Å². The lowest BCUT2D eigenvalue weighted by molar-refractivity contribution is -0.135. The first-order valence-electron chi connectivity index (χ1n) is 9.46. The van der Waals surface area contributed by atoms with Crippen molar-refractivity contribution in [1.29, 1.82) is 0 Å². The van der Waals surface area contributed by atoms with E-state index in [1.807, 2.05) is 47.4 Å². The number of piperidine rings is 1. The van der Waals surface area contributed by atoms with Crippen molar-refractivity contribution >= 4 is 17.5 Å². The van der Waals surface area contributed by atoms with Crippen molar-refractivity contribution in [1.82, 2.24) is 4.90 Å². The maximum Gasteiger partial charge on any atom is 0.229 e. The molecule has 0 spiro atoms. The molecule has 4 nitrogen and oxygen atoms in total. The Hall–Kier alpha value is -2.62. The third-order valence-corrected chi connectivity index (χ3v) is 5.29. The number of rotatable bonds is 4. The number of amides is 2. The Morgan fingerprint density at radius 1 is 0.846 bits per heavy atom. The molecule has 4 heteroatoms. The van der Waals surface area contributed by atoms with E-state index in [0.717, 1.165) is 49.0 Å². The van der Waals surface area contributed by atoms with Crippen molar-refractivity contribution < 1.29 is 9.59 Å². The maximum absolute atomic E-state index is 12.6. The lowest BCUT2D eigenvalue weighted by atomic mass is 9.96. The Morgan fingerprint density at radius 2 is 1.54 bits per heavy atom. The minimum Gasteiger partial charge on any atom is -0.342 e. The Balaban J connectivity index is 1.37. The Labute approximate surface area is 154 Å². The SMILES string of the molecule is O=C(Nc1ccc(-c2ccccc2)cc1)C1CCCN(C(=O)C2CC2)C1. The van der Waals surface area contributed by atoms with Gasteiger partial charge in [0, 0.05) is 24.7 Å². The van der Waals surface area contributed by atoms with Crippen molar-refractivity contribution in [2.24, 2.45) is 11.8 Å². The molecule has 2 aliphatic rings. The molecule has 2 aromatic rings. The first kappa shape index (κ1) is 16.8. The summed E-state index contributed by atoms with van der Waals surface area (Å²) in [6, 6.07) is 18.1. The number of hydrogen-bond donors (Lipinski definition) is 1. The zero-order valence-corrected chi connectivity index (χ0v) is 14.9. The molecular formula is C22H24N2O2. The average molecular weight is 348 g/mol. The predicted octanol–water partition coefficient (Wildman–Crippen LogP) is 3.94. The Morgan fingerprint density at radius 3 is 2.23 bits per heavy atom. The van der Waals surface area contributed by atoms with Crippen LogP contribution < -0.4 is 5.32 Å².